The maximum absolute atomic E-state index is 11.9. The predicted octanol–water partition coefficient (Wildman–Crippen LogP) is 2.05. The van der Waals surface area contributed by atoms with E-state index in [1.807, 2.05) is 0 Å². The van der Waals surface area contributed by atoms with Gasteiger partial charge in [0.05, 0.1) is 111 Å². The lowest BCUT2D eigenvalue weighted by Crippen LogP contribution is -2.24. The van der Waals surface area contributed by atoms with E-state index in [9.17, 15) is 8.42 Å². The van der Waals surface area contributed by atoms with Crippen molar-refractivity contribution in [2.24, 2.45) is 0 Å². The van der Waals surface area contributed by atoms with Gasteiger partial charge in [-0.05, 0) is 31.4 Å². The molecule has 0 spiro atoms. The molecule has 1 aromatic carbocycles. The number of hydrogen-bond donors (Lipinski definition) is 0. The Morgan fingerprint density at radius 1 is 0.575 bits per heavy atom. The smallest absolute Gasteiger partial charge is 0.297 e. The van der Waals surface area contributed by atoms with E-state index in [0.29, 0.717) is 92.5 Å². The fourth-order valence-electron chi connectivity index (χ4n) is 3.36. The Balaban J connectivity index is 1.20. The molecule has 0 N–H and O–H groups in total. The minimum Gasteiger partial charge on any atom is -0.377 e. The lowest BCUT2D eigenvalue weighted by molar-refractivity contribution is -0.169. The van der Waals surface area contributed by atoms with Gasteiger partial charge in [-0.1, -0.05) is 18.2 Å². The molecule has 0 amide bonds. The van der Waals surface area contributed by atoms with Crippen LogP contribution in [0, 0.1) is 0 Å². The fraction of sp³-hybridized carbons (Fsp3) is 0.778. The fourth-order valence-corrected chi connectivity index (χ4v) is 4.27. The third-order valence-electron chi connectivity index (χ3n) is 5.40. The summed E-state index contributed by atoms with van der Waals surface area (Å²) in [6.07, 6.45) is 3.16. The van der Waals surface area contributed by atoms with Gasteiger partial charge in [-0.2, -0.15) is 8.42 Å². The van der Waals surface area contributed by atoms with Crippen molar-refractivity contribution in [3.8, 4) is 0 Å². The molecule has 0 radical (unpaired) electrons. The largest absolute Gasteiger partial charge is 0.377 e. The Morgan fingerprint density at radius 3 is 1.43 bits per heavy atom. The molecule has 1 fully saturated rings. The van der Waals surface area contributed by atoms with Gasteiger partial charge < -0.3 is 42.6 Å². The molecule has 1 saturated heterocycles. The zero-order valence-corrected chi connectivity index (χ0v) is 24.2. The van der Waals surface area contributed by atoms with Crippen LogP contribution in [0.4, 0.5) is 0 Å². The molecule has 13 heteroatoms. The lowest BCUT2D eigenvalue weighted by Gasteiger charge is -2.22. The van der Waals surface area contributed by atoms with Crippen molar-refractivity contribution in [3.05, 3.63) is 30.3 Å². The maximum atomic E-state index is 11.9. The molecule has 0 aliphatic carbocycles. The van der Waals surface area contributed by atoms with Crippen LogP contribution in [-0.4, -0.2) is 127 Å². The van der Waals surface area contributed by atoms with Crippen LogP contribution in [0.1, 0.15) is 19.3 Å². The first-order valence-corrected chi connectivity index (χ1v) is 15.3. The summed E-state index contributed by atoms with van der Waals surface area (Å²) in [6.45, 7) is 7.52. The van der Waals surface area contributed by atoms with E-state index >= 15 is 0 Å². The maximum Gasteiger partial charge on any atom is 0.297 e. The van der Waals surface area contributed by atoms with Crippen LogP contribution in [0.5, 0.6) is 0 Å². The minimum absolute atomic E-state index is 0.0532. The third kappa shape index (κ3) is 19.0. The summed E-state index contributed by atoms with van der Waals surface area (Å²) in [6, 6.07) is 7.99. The molecule has 1 atom stereocenters. The highest BCUT2D eigenvalue weighted by Crippen LogP contribution is 2.13. The highest BCUT2D eigenvalue weighted by molar-refractivity contribution is 7.86. The number of ether oxygens (including phenoxy) is 9. The van der Waals surface area contributed by atoms with Gasteiger partial charge in [0.2, 0.25) is 0 Å². The number of hydrogen-bond acceptors (Lipinski definition) is 12. The highest BCUT2D eigenvalue weighted by Gasteiger charge is 2.14. The molecule has 1 aliphatic rings. The van der Waals surface area contributed by atoms with Gasteiger partial charge in [-0.25, -0.2) is 0 Å². The van der Waals surface area contributed by atoms with E-state index in [-0.39, 0.29) is 24.4 Å². The standard InChI is InChI=1S/C27H46O12S/c28-40(29,26-6-2-1-3-7-26)39-25-23-36-21-19-34-17-15-32-13-11-30-10-12-31-14-16-33-18-20-35-22-24-38-27-8-4-5-9-37-27/h1-3,6-7,27H,4-5,8-25H2. The minimum atomic E-state index is -3.75. The number of benzene rings is 1. The van der Waals surface area contributed by atoms with Crippen LogP contribution in [0.25, 0.3) is 0 Å². The monoisotopic (exact) mass is 594 g/mol. The van der Waals surface area contributed by atoms with Gasteiger partial charge in [0.1, 0.15) is 0 Å². The van der Waals surface area contributed by atoms with Crippen molar-refractivity contribution in [2.45, 2.75) is 30.4 Å². The quantitative estimate of drug-likeness (QED) is 0.109. The molecule has 40 heavy (non-hydrogen) atoms. The predicted molar refractivity (Wildman–Crippen MR) is 145 cm³/mol. The first-order chi connectivity index (χ1) is 19.7. The van der Waals surface area contributed by atoms with Crippen LogP contribution in [0.15, 0.2) is 35.2 Å². The summed E-state index contributed by atoms with van der Waals surface area (Å²) in [7, 11) is -3.75. The lowest BCUT2D eigenvalue weighted by atomic mass is 10.2. The Morgan fingerprint density at radius 2 is 1.00 bits per heavy atom. The zero-order valence-electron chi connectivity index (χ0n) is 23.4. The molecule has 0 bridgehead atoms. The molecule has 0 aromatic heterocycles. The van der Waals surface area contributed by atoms with E-state index in [2.05, 4.69) is 0 Å². The average Bonchev–Trinajstić information content (AvgIpc) is 2.98. The van der Waals surface area contributed by atoms with Crippen LogP contribution in [0.2, 0.25) is 0 Å². The first-order valence-electron chi connectivity index (χ1n) is 13.9. The molecular weight excluding hydrogens is 548 g/mol. The van der Waals surface area contributed by atoms with Crippen LogP contribution in [0.3, 0.4) is 0 Å². The van der Waals surface area contributed by atoms with E-state index < -0.39 is 10.1 Å². The Labute approximate surface area is 238 Å². The van der Waals surface area contributed by atoms with Crippen LogP contribution < -0.4 is 0 Å². The third-order valence-corrected chi connectivity index (χ3v) is 6.73. The van der Waals surface area contributed by atoms with E-state index in [1.165, 1.54) is 12.1 Å². The summed E-state index contributed by atoms with van der Waals surface area (Å²) >= 11 is 0. The first kappa shape index (κ1) is 35.0. The van der Waals surface area contributed by atoms with Crippen LogP contribution in [-0.2, 0) is 56.9 Å². The van der Waals surface area contributed by atoms with Gasteiger partial charge in [-0.15, -0.1) is 0 Å². The van der Waals surface area contributed by atoms with Gasteiger partial charge >= 0.3 is 0 Å². The summed E-state index contributed by atoms with van der Waals surface area (Å²) in [4.78, 5) is 0.124. The van der Waals surface area contributed by atoms with Crippen molar-refractivity contribution >= 4 is 10.1 Å². The molecular formula is C27H46O12S. The Bertz CT molecular complexity index is 790. The summed E-state index contributed by atoms with van der Waals surface area (Å²) in [5, 5.41) is 0. The van der Waals surface area contributed by atoms with Gasteiger partial charge in [-0.3, -0.25) is 4.18 Å². The Kier molecular flexibility index (Phi) is 21.3. The van der Waals surface area contributed by atoms with Gasteiger partial charge in [0, 0.05) is 6.61 Å². The van der Waals surface area contributed by atoms with E-state index in [0.717, 1.165) is 25.9 Å². The van der Waals surface area contributed by atoms with Crippen molar-refractivity contribution in [2.75, 3.05) is 112 Å². The van der Waals surface area contributed by atoms with E-state index in [4.69, 9.17) is 46.8 Å². The van der Waals surface area contributed by atoms with Crippen molar-refractivity contribution in [3.63, 3.8) is 0 Å². The molecule has 1 aromatic rings. The molecule has 0 saturated carbocycles. The average molecular weight is 595 g/mol. The second kappa shape index (κ2) is 24.4. The molecule has 12 nitrogen and oxygen atoms in total. The van der Waals surface area contributed by atoms with Crippen molar-refractivity contribution in [1.82, 2.24) is 0 Å². The van der Waals surface area contributed by atoms with Gasteiger partial charge in [0.15, 0.2) is 6.29 Å². The Hall–Kier alpha value is -1.23. The van der Waals surface area contributed by atoms with Crippen molar-refractivity contribution < 1.29 is 55.2 Å². The second-order valence-corrected chi connectivity index (χ2v) is 10.2. The van der Waals surface area contributed by atoms with E-state index in [1.54, 1.807) is 18.2 Å². The topological polar surface area (TPSA) is 126 Å². The molecule has 2 rings (SSSR count). The molecule has 1 aliphatic heterocycles. The zero-order chi connectivity index (χ0) is 28.4. The summed E-state index contributed by atoms with van der Waals surface area (Å²) in [5.41, 5.74) is 0. The van der Waals surface area contributed by atoms with Gasteiger partial charge in [0.25, 0.3) is 10.1 Å². The second-order valence-electron chi connectivity index (χ2n) is 8.54. The van der Waals surface area contributed by atoms with Crippen molar-refractivity contribution in [1.29, 1.82) is 0 Å². The van der Waals surface area contributed by atoms with Crippen LogP contribution >= 0.6 is 0 Å². The molecule has 1 heterocycles. The normalized spacial score (nSPS) is 15.9. The summed E-state index contributed by atoms with van der Waals surface area (Å²) in [5.74, 6) is 0. The SMILES string of the molecule is O=S(=O)(OCCOCCOCCOCCOCCOCCOCCOCCOC1CCCCO1)c1ccccc1. The summed E-state index contributed by atoms with van der Waals surface area (Å²) < 4.78 is 77.9. The number of rotatable bonds is 27. The molecule has 1 unspecified atom stereocenters. The highest BCUT2D eigenvalue weighted by atomic mass is 32.2. The molecule has 232 valence electrons.